The molecule has 0 saturated carbocycles. The molecule has 1 aliphatic heterocycles. The van der Waals surface area contributed by atoms with Crippen LogP contribution >= 0.6 is 0 Å². The van der Waals surface area contributed by atoms with Crippen molar-refractivity contribution < 1.29 is 22.8 Å². The standard InChI is InChI=1S/C15H17F3N2O2/c1-10(21)19-7-8-20(11(2)22)14(9-19)12-3-5-13(6-4-12)15(16,17)18/h3-6,14H,7-9H2,1-2H3. The topological polar surface area (TPSA) is 40.6 Å². The van der Waals surface area contributed by atoms with E-state index in [9.17, 15) is 22.8 Å². The minimum Gasteiger partial charge on any atom is -0.339 e. The van der Waals surface area contributed by atoms with Gasteiger partial charge in [-0.2, -0.15) is 13.2 Å². The summed E-state index contributed by atoms with van der Waals surface area (Å²) in [5, 5.41) is 0. The molecule has 22 heavy (non-hydrogen) atoms. The highest BCUT2D eigenvalue weighted by Gasteiger charge is 2.33. The molecule has 0 radical (unpaired) electrons. The van der Waals surface area contributed by atoms with Gasteiger partial charge in [0, 0.05) is 33.5 Å². The normalized spacial score (nSPS) is 19.2. The summed E-state index contributed by atoms with van der Waals surface area (Å²) >= 11 is 0. The van der Waals surface area contributed by atoms with E-state index in [0.29, 0.717) is 25.2 Å². The third kappa shape index (κ3) is 3.40. The molecule has 0 spiro atoms. The van der Waals surface area contributed by atoms with Crippen molar-refractivity contribution in [1.29, 1.82) is 0 Å². The average Bonchev–Trinajstić information content (AvgIpc) is 2.45. The van der Waals surface area contributed by atoms with Crippen LogP contribution in [-0.2, 0) is 15.8 Å². The van der Waals surface area contributed by atoms with Crippen LogP contribution in [0.2, 0.25) is 0 Å². The maximum atomic E-state index is 12.6. The molecule has 120 valence electrons. The zero-order valence-electron chi connectivity index (χ0n) is 12.4. The molecule has 1 saturated heterocycles. The molecular weight excluding hydrogens is 297 g/mol. The molecule has 1 fully saturated rings. The van der Waals surface area contributed by atoms with Gasteiger partial charge in [-0.1, -0.05) is 12.1 Å². The van der Waals surface area contributed by atoms with Crippen LogP contribution in [0.4, 0.5) is 13.2 Å². The van der Waals surface area contributed by atoms with Gasteiger partial charge in [0.1, 0.15) is 0 Å². The molecule has 1 aromatic rings. The molecular formula is C15H17F3N2O2. The molecule has 2 rings (SSSR count). The van der Waals surface area contributed by atoms with Gasteiger partial charge in [0.15, 0.2) is 0 Å². The third-order valence-electron chi connectivity index (χ3n) is 3.85. The Morgan fingerprint density at radius 3 is 2.09 bits per heavy atom. The number of carbonyl (C=O) groups is 2. The summed E-state index contributed by atoms with van der Waals surface area (Å²) in [6.07, 6.45) is -4.39. The summed E-state index contributed by atoms with van der Waals surface area (Å²) in [5.74, 6) is -0.270. The van der Waals surface area contributed by atoms with E-state index >= 15 is 0 Å². The summed E-state index contributed by atoms with van der Waals surface area (Å²) < 4.78 is 37.9. The lowest BCUT2D eigenvalue weighted by atomic mass is 10.0. The molecule has 1 unspecified atom stereocenters. The number of piperazine rings is 1. The zero-order valence-corrected chi connectivity index (χ0v) is 12.4. The second-order valence-electron chi connectivity index (χ2n) is 5.31. The summed E-state index contributed by atoms with van der Waals surface area (Å²) in [7, 11) is 0. The second-order valence-corrected chi connectivity index (χ2v) is 5.31. The predicted octanol–water partition coefficient (Wildman–Crippen LogP) is 2.46. The van der Waals surface area contributed by atoms with E-state index in [1.54, 1.807) is 9.80 Å². The monoisotopic (exact) mass is 314 g/mol. The lowest BCUT2D eigenvalue weighted by Gasteiger charge is -2.41. The molecule has 4 nitrogen and oxygen atoms in total. The Bertz CT molecular complexity index is 569. The van der Waals surface area contributed by atoms with E-state index in [2.05, 4.69) is 0 Å². The summed E-state index contributed by atoms with van der Waals surface area (Å²) in [6.45, 7) is 3.96. The van der Waals surface area contributed by atoms with Crippen molar-refractivity contribution in [3.8, 4) is 0 Å². The minimum atomic E-state index is -4.39. The number of benzene rings is 1. The van der Waals surface area contributed by atoms with Crippen molar-refractivity contribution >= 4 is 11.8 Å². The van der Waals surface area contributed by atoms with Crippen molar-refractivity contribution in [2.75, 3.05) is 19.6 Å². The van der Waals surface area contributed by atoms with Crippen LogP contribution in [0, 0.1) is 0 Å². The largest absolute Gasteiger partial charge is 0.416 e. The van der Waals surface area contributed by atoms with Crippen molar-refractivity contribution in [3.63, 3.8) is 0 Å². The number of amides is 2. The fourth-order valence-corrected chi connectivity index (χ4v) is 2.63. The predicted molar refractivity (Wildman–Crippen MR) is 73.8 cm³/mol. The second kappa shape index (κ2) is 5.98. The molecule has 1 aromatic carbocycles. The first-order valence-electron chi connectivity index (χ1n) is 6.90. The van der Waals surface area contributed by atoms with Gasteiger partial charge >= 0.3 is 6.18 Å². The van der Waals surface area contributed by atoms with Crippen molar-refractivity contribution in [1.82, 2.24) is 9.80 Å². The summed E-state index contributed by atoms with van der Waals surface area (Å²) in [5.41, 5.74) is -0.140. The maximum absolute atomic E-state index is 12.6. The van der Waals surface area contributed by atoms with Crippen LogP contribution in [0.25, 0.3) is 0 Å². The molecule has 7 heteroatoms. The third-order valence-corrected chi connectivity index (χ3v) is 3.85. The van der Waals surface area contributed by atoms with Gasteiger partial charge in [-0.25, -0.2) is 0 Å². The summed E-state index contributed by atoms with van der Waals surface area (Å²) in [6, 6.07) is 4.32. The van der Waals surface area contributed by atoms with Gasteiger partial charge in [-0.05, 0) is 17.7 Å². The fraction of sp³-hybridized carbons (Fsp3) is 0.467. The SMILES string of the molecule is CC(=O)N1CCN(C(C)=O)C(c2ccc(C(F)(F)F)cc2)C1. The first-order chi connectivity index (χ1) is 10.2. The van der Waals surface area contributed by atoms with Gasteiger partial charge in [-0.3, -0.25) is 9.59 Å². The van der Waals surface area contributed by atoms with Crippen molar-refractivity contribution in [2.24, 2.45) is 0 Å². The molecule has 1 heterocycles. The van der Waals surface area contributed by atoms with Crippen molar-refractivity contribution in [2.45, 2.75) is 26.1 Å². The maximum Gasteiger partial charge on any atom is 0.416 e. The molecule has 2 amide bonds. The Hall–Kier alpha value is -2.05. The number of halogens is 3. The van der Waals surface area contributed by atoms with Crippen LogP contribution in [0.5, 0.6) is 0 Å². The number of nitrogens with zero attached hydrogens (tertiary/aromatic N) is 2. The molecule has 0 aliphatic carbocycles. The smallest absolute Gasteiger partial charge is 0.339 e. The highest BCUT2D eigenvalue weighted by molar-refractivity contribution is 5.76. The lowest BCUT2D eigenvalue weighted by molar-refractivity contribution is -0.140. The molecule has 0 bridgehead atoms. The van der Waals surface area contributed by atoms with E-state index < -0.39 is 17.8 Å². The van der Waals surface area contributed by atoms with Crippen LogP contribution in [-0.4, -0.2) is 41.2 Å². The number of hydrogen-bond acceptors (Lipinski definition) is 2. The molecule has 1 aliphatic rings. The van der Waals surface area contributed by atoms with Crippen LogP contribution in [0.15, 0.2) is 24.3 Å². The first-order valence-corrected chi connectivity index (χ1v) is 6.90. The number of hydrogen-bond donors (Lipinski definition) is 0. The van der Waals surface area contributed by atoms with Crippen LogP contribution in [0.3, 0.4) is 0 Å². The number of carbonyl (C=O) groups excluding carboxylic acids is 2. The van der Waals surface area contributed by atoms with Gasteiger partial charge in [0.2, 0.25) is 11.8 Å². The Morgan fingerprint density at radius 2 is 1.64 bits per heavy atom. The van der Waals surface area contributed by atoms with Gasteiger partial charge < -0.3 is 9.80 Å². The van der Waals surface area contributed by atoms with E-state index in [1.807, 2.05) is 0 Å². The van der Waals surface area contributed by atoms with Gasteiger partial charge in [-0.15, -0.1) is 0 Å². The van der Waals surface area contributed by atoms with E-state index in [4.69, 9.17) is 0 Å². The highest BCUT2D eigenvalue weighted by Crippen LogP contribution is 2.32. The van der Waals surface area contributed by atoms with E-state index in [1.165, 1.54) is 26.0 Å². The number of rotatable bonds is 1. The Labute approximate surface area is 126 Å². The van der Waals surface area contributed by atoms with Gasteiger partial charge in [0.25, 0.3) is 0 Å². The van der Waals surface area contributed by atoms with Crippen LogP contribution in [0.1, 0.15) is 31.0 Å². The molecule has 0 N–H and O–H groups in total. The lowest BCUT2D eigenvalue weighted by Crippen LogP contribution is -2.51. The minimum absolute atomic E-state index is 0.111. The Balaban J connectivity index is 2.28. The fourth-order valence-electron chi connectivity index (χ4n) is 2.63. The average molecular weight is 314 g/mol. The Morgan fingerprint density at radius 1 is 1.05 bits per heavy atom. The highest BCUT2D eigenvalue weighted by atomic mass is 19.4. The van der Waals surface area contributed by atoms with Gasteiger partial charge in [0.05, 0.1) is 11.6 Å². The molecule has 1 atom stereocenters. The first kappa shape index (κ1) is 16.3. The quantitative estimate of drug-likeness (QED) is 0.799. The van der Waals surface area contributed by atoms with Crippen LogP contribution < -0.4 is 0 Å². The van der Waals surface area contributed by atoms with E-state index in [0.717, 1.165) is 12.1 Å². The molecule has 0 aromatic heterocycles. The Kier molecular flexibility index (Phi) is 4.44. The number of alkyl halides is 3. The summed E-state index contributed by atoms with van der Waals surface area (Å²) in [4.78, 5) is 26.4. The van der Waals surface area contributed by atoms with Crippen molar-refractivity contribution in [3.05, 3.63) is 35.4 Å². The van der Waals surface area contributed by atoms with E-state index in [-0.39, 0.29) is 11.8 Å². The zero-order chi connectivity index (χ0) is 16.5.